The van der Waals surface area contributed by atoms with Gasteiger partial charge in [0.05, 0.1) is 12.1 Å². The molecule has 2 heterocycles. The van der Waals surface area contributed by atoms with E-state index in [-0.39, 0.29) is 36.0 Å². The number of halogens is 1. The molecule has 3 atom stereocenters. The molecule has 5 nitrogen and oxygen atoms in total. The van der Waals surface area contributed by atoms with Gasteiger partial charge in [-0.1, -0.05) is 12.8 Å². The Balaban J connectivity index is 1.30. The molecule has 0 bridgehead atoms. The molecular formula is C18H27FN2O3. The molecule has 2 saturated heterocycles. The maximum Gasteiger partial charge on any atom is 0.249 e. The van der Waals surface area contributed by atoms with Gasteiger partial charge in [0.15, 0.2) is 0 Å². The van der Waals surface area contributed by atoms with Crippen LogP contribution in [0.15, 0.2) is 0 Å². The van der Waals surface area contributed by atoms with Crippen molar-refractivity contribution >= 4 is 11.8 Å². The molecule has 0 unspecified atom stereocenters. The lowest BCUT2D eigenvalue weighted by Crippen LogP contribution is -2.52. The molecule has 0 spiro atoms. The molecule has 134 valence electrons. The van der Waals surface area contributed by atoms with Crippen molar-refractivity contribution in [3.8, 4) is 0 Å². The predicted molar refractivity (Wildman–Crippen MR) is 86.0 cm³/mol. The summed E-state index contributed by atoms with van der Waals surface area (Å²) >= 11 is 0. The van der Waals surface area contributed by atoms with E-state index in [9.17, 15) is 14.0 Å². The van der Waals surface area contributed by atoms with Crippen molar-refractivity contribution in [1.29, 1.82) is 0 Å². The smallest absolute Gasteiger partial charge is 0.249 e. The fourth-order valence-corrected chi connectivity index (χ4v) is 4.74. The van der Waals surface area contributed by atoms with Crippen molar-refractivity contribution < 1.29 is 18.7 Å². The Kier molecular flexibility index (Phi) is 4.50. The first-order valence-corrected chi connectivity index (χ1v) is 9.52. The van der Waals surface area contributed by atoms with Crippen LogP contribution >= 0.6 is 0 Å². The third-order valence-corrected chi connectivity index (χ3v) is 6.25. The van der Waals surface area contributed by atoms with Crippen molar-refractivity contribution in [2.24, 2.45) is 5.92 Å². The first kappa shape index (κ1) is 16.3. The fraction of sp³-hybridized carbons (Fsp3) is 0.889. The number of nitrogens with zero attached hydrogens (tertiary/aromatic N) is 1. The molecule has 4 fully saturated rings. The van der Waals surface area contributed by atoms with Gasteiger partial charge in [-0.25, -0.2) is 4.39 Å². The molecule has 0 aromatic heterocycles. The fourth-order valence-electron chi connectivity index (χ4n) is 4.74. The van der Waals surface area contributed by atoms with Gasteiger partial charge in [-0.2, -0.15) is 0 Å². The second-order valence-corrected chi connectivity index (χ2v) is 7.88. The van der Waals surface area contributed by atoms with Crippen LogP contribution in [0.25, 0.3) is 0 Å². The normalized spacial score (nSPS) is 39.4. The average Bonchev–Trinajstić information content (AvgIpc) is 3.19. The van der Waals surface area contributed by atoms with E-state index in [1.165, 1.54) is 12.8 Å². The lowest BCUT2D eigenvalue weighted by molar-refractivity contribution is -0.151. The number of hydrogen-bond donors (Lipinski definition) is 1. The zero-order valence-corrected chi connectivity index (χ0v) is 14.1. The molecule has 2 aliphatic heterocycles. The second kappa shape index (κ2) is 6.62. The van der Waals surface area contributed by atoms with E-state index in [1.807, 2.05) is 4.90 Å². The van der Waals surface area contributed by atoms with Crippen LogP contribution < -0.4 is 5.32 Å². The van der Waals surface area contributed by atoms with E-state index in [1.54, 1.807) is 0 Å². The van der Waals surface area contributed by atoms with E-state index in [0.717, 1.165) is 25.7 Å². The van der Waals surface area contributed by atoms with Crippen molar-refractivity contribution in [2.75, 3.05) is 6.54 Å². The summed E-state index contributed by atoms with van der Waals surface area (Å²) in [6, 6.07) is 0.388. The first-order chi connectivity index (χ1) is 11.6. The van der Waals surface area contributed by atoms with Crippen LogP contribution in [-0.2, 0) is 14.3 Å². The van der Waals surface area contributed by atoms with E-state index in [0.29, 0.717) is 31.8 Å². The van der Waals surface area contributed by atoms with Crippen molar-refractivity contribution in [3.63, 3.8) is 0 Å². The summed E-state index contributed by atoms with van der Waals surface area (Å²) in [6.45, 7) is 0.679. The number of carbonyl (C=O) groups excluding carboxylic acids is 2. The Morgan fingerprint density at radius 1 is 1.04 bits per heavy atom. The van der Waals surface area contributed by atoms with Gasteiger partial charge in [0.1, 0.15) is 12.3 Å². The maximum absolute atomic E-state index is 13.0. The van der Waals surface area contributed by atoms with Gasteiger partial charge in [0.2, 0.25) is 11.8 Å². The Bertz CT molecular complexity index is 502. The summed E-state index contributed by atoms with van der Waals surface area (Å²) < 4.78 is 19.1. The molecule has 4 aliphatic rings. The molecule has 4 rings (SSSR count). The quantitative estimate of drug-likeness (QED) is 0.856. The second-order valence-electron chi connectivity index (χ2n) is 7.88. The van der Waals surface area contributed by atoms with E-state index in [2.05, 4.69) is 5.32 Å². The summed E-state index contributed by atoms with van der Waals surface area (Å²) in [5.41, 5.74) is 0. The van der Waals surface area contributed by atoms with Crippen molar-refractivity contribution in [1.82, 2.24) is 10.2 Å². The summed E-state index contributed by atoms with van der Waals surface area (Å²) in [4.78, 5) is 26.8. The highest BCUT2D eigenvalue weighted by molar-refractivity contribution is 5.82. The number of nitrogens with one attached hydrogen (secondary N) is 1. The summed E-state index contributed by atoms with van der Waals surface area (Å²) in [5, 5.41) is 3.12. The summed E-state index contributed by atoms with van der Waals surface area (Å²) in [5.74, 6) is -0.0274. The molecule has 0 aromatic carbocycles. The van der Waals surface area contributed by atoms with E-state index in [4.69, 9.17) is 4.74 Å². The standard InChI is InChI=1S/C18H27FN2O3/c19-12-9-11(10-12)18(23)21-8-7-15-14(21)5-6-16(24-15)17(22)20-13-3-1-2-4-13/h11-16H,1-10H2,(H,20,22)/t11?,12?,14-,15-,16-/m1/s1. The minimum Gasteiger partial charge on any atom is -0.363 e. The SMILES string of the molecule is O=C(NC1CCCC1)[C@H]1CC[C@@H]2[C@@H](CCN2C(=O)C2CC(F)C2)O1. The van der Waals surface area contributed by atoms with Crippen LogP contribution in [0.5, 0.6) is 0 Å². The monoisotopic (exact) mass is 338 g/mol. The zero-order valence-electron chi connectivity index (χ0n) is 14.1. The number of amides is 2. The van der Waals surface area contributed by atoms with Crippen molar-refractivity contribution in [2.45, 2.75) is 88.3 Å². The van der Waals surface area contributed by atoms with Gasteiger partial charge in [0, 0.05) is 18.5 Å². The number of hydrogen-bond acceptors (Lipinski definition) is 3. The molecule has 2 saturated carbocycles. The minimum atomic E-state index is -0.802. The van der Waals surface area contributed by atoms with Crippen LogP contribution in [0.2, 0.25) is 0 Å². The minimum absolute atomic E-state index is 0.0180. The number of likely N-dealkylation sites (tertiary alicyclic amines) is 1. The van der Waals surface area contributed by atoms with Crippen LogP contribution in [0, 0.1) is 5.92 Å². The average molecular weight is 338 g/mol. The molecule has 24 heavy (non-hydrogen) atoms. The van der Waals surface area contributed by atoms with Gasteiger partial charge in [0.25, 0.3) is 0 Å². The Morgan fingerprint density at radius 2 is 1.79 bits per heavy atom. The molecule has 6 heteroatoms. The third-order valence-electron chi connectivity index (χ3n) is 6.25. The van der Waals surface area contributed by atoms with E-state index < -0.39 is 6.17 Å². The molecular weight excluding hydrogens is 311 g/mol. The summed E-state index contributed by atoms with van der Waals surface area (Å²) in [6.07, 6.45) is 6.33. The highest BCUT2D eigenvalue weighted by Gasteiger charge is 2.47. The number of carbonyl (C=O) groups is 2. The molecule has 2 aliphatic carbocycles. The van der Waals surface area contributed by atoms with Gasteiger partial charge in [-0.05, 0) is 44.9 Å². The summed E-state index contributed by atoms with van der Waals surface area (Å²) in [7, 11) is 0. The van der Waals surface area contributed by atoms with Crippen LogP contribution in [0.4, 0.5) is 4.39 Å². The number of ether oxygens (including phenoxy) is 1. The Labute approximate surface area is 142 Å². The van der Waals surface area contributed by atoms with Crippen LogP contribution in [0.1, 0.15) is 57.8 Å². The van der Waals surface area contributed by atoms with Gasteiger partial charge >= 0.3 is 0 Å². The molecule has 2 amide bonds. The predicted octanol–water partition coefficient (Wildman–Crippen LogP) is 1.94. The van der Waals surface area contributed by atoms with E-state index >= 15 is 0 Å². The third kappa shape index (κ3) is 3.05. The lowest BCUT2D eigenvalue weighted by atomic mass is 9.82. The molecule has 0 radical (unpaired) electrons. The molecule has 0 aromatic rings. The first-order valence-electron chi connectivity index (χ1n) is 9.52. The maximum atomic E-state index is 13.0. The Hall–Kier alpha value is -1.17. The number of rotatable bonds is 3. The highest BCUT2D eigenvalue weighted by atomic mass is 19.1. The van der Waals surface area contributed by atoms with Gasteiger partial charge in [-0.3, -0.25) is 9.59 Å². The van der Waals surface area contributed by atoms with Crippen molar-refractivity contribution in [3.05, 3.63) is 0 Å². The molecule has 1 N–H and O–H groups in total. The number of fused-ring (bicyclic) bond motifs is 1. The number of alkyl halides is 1. The van der Waals surface area contributed by atoms with Gasteiger partial charge < -0.3 is 15.0 Å². The zero-order chi connectivity index (χ0) is 16.7. The largest absolute Gasteiger partial charge is 0.363 e. The highest BCUT2D eigenvalue weighted by Crippen LogP contribution is 2.37. The van der Waals surface area contributed by atoms with Crippen LogP contribution in [0.3, 0.4) is 0 Å². The van der Waals surface area contributed by atoms with Gasteiger partial charge in [-0.15, -0.1) is 0 Å². The Morgan fingerprint density at radius 3 is 2.50 bits per heavy atom. The lowest BCUT2D eigenvalue weighted by Gasteiger charge is -2.38. The van der Waals surface area contributed by atoms with Crippen LogP contribution in [-0.4, -0.2) is 53.7 Å². The topological polar surface area (TPSA) is 58.6 Å².